The van der Waals surface area contributed by atoms with Crippen LogP contribution in [-0.4, -0.2) is 28.9 Å². The summed E-state index contributed by atoms with van der Waals surface area (Å²) in [4.78, 5) is 12.1. The van der Waals surface area contributed by atoms with E-state index < -0.39 is 0 Å². The van der Waals surface area contributed by atoms with Crippen molar-refractivity contribution >= 4 is 21.6 Å². The summed E-state index contributed by atoms with van der Waals surface area (Å²) in [6.45, 7) is 4.70. The first kappa shape index (κ1) is 14.5. The minimum absolute atomic E-state index is 0.0616. The number of hydrogen-bond acceptors (Lipinski definition) is 4. The second-order valence-corrected chi connectivity index (χ2v) is 5.73. The number of hydrogen-bond donors (Lipinski definition) is 2. The SMILES string of the molecule is CCCn1ncc(NC2CCCCNC2)c(Br)c1=O. The number of nitrogens with zero attached hydrogens (tertiary/aromatic N) is 2. The fraction of sp³-hybridized carbons (Fsp3) is 0.692. The van der Waals surface area contributed by atoms with E-state index in [0.717, 1.165) is 31.6 Å². The van der Waals surface area contributed by atoms with Gasteiger partial charge in [-0.05, 0) is 41.7 Å². The standard InChI is InChI=1S/C13H21BrN4O/c1-2-7-18-13(19)12(14)11(9-16-18)17-10-5-3-4-6-15-8-10/h9-10,15,17H,2-8H2,1H3. The van der Waals surface area contributed by atoms with E-state index in [0.29, 0.717) is 17.1 Å². The number of aromatic nitrogens is 2. The van der Waals surface area contributed by atoms with Gasteiger partial charge in [-0.15, -0.1) is 0 Å². The van der Waals surface area contributed by atoms with Crippen LogP contribution < -0.4 is 16.2 Å². The summed E-state index contributed by atoms with van der Waals surface area (Å²) < 4.78 is 2.08. The summed E-state index contributed by atoms with van der Waals surface area (Å²) in [6, 6.07) is 0.363. The minimum Gasteiger partial charge on any atom is -0.379 e. The predicted octanol–water partition coefficient (Wildman–Crippen LogP) is 1.97. The van der Waals surface area contributed by atoms with E-state index in [1.54, 1.807) is 6.20 Å². The van der Waals surface area contributed by atoms with Crippen LogP contribution >= 0.6 is 15.9 Å². The van der Waals surface area contributed by atoms with Gasteiger partial charge in [0.25, 0.3) is 5.56 Å². The van der Waals surface area contributed by atoms with E-state index in [1.807, 2.05) is 6.92 Å². The Balaban J connectivity index is 2.12. The molecule has 19 heavy (non-hydrogen) atoms. The summed E-state index contributed by atoms with van der Waals surface area (Å²) in [5.74, 6) is 0. The Labute approximate surface area is 121 Å². The molecule has 0 amide bonds. The molecule has 1 atom stereocenters. The molecule has 2 heterocycles. The van der Waals surface area contributed by atoms with Crippen molar-refractivity contribution in [2.45, 2.75) is 45.2 Å². The largest absolute Gasteiger partial charge is 0.379 e. The molecule has 0 aromatic carbocycles. The molecule has 1 saturated heterocycles. The summed E-state index contributed by atoms with van der Waals surface area (Å²) in [6.07, 6.45) is 6.19. The van der Waals surface area contributed by atoms with Crippen molar-refractivity contribution in [3.8, 4) is 0 Å². The zero-order valence-corrected chi connectivity index (χ0v) is 12.9. The molecule has 6 heteroatoms. The average molecular weight is 329 g/mol. The Morgan fingerprint density at radius 3 is 3.21 bits per heavy atom. The normalized spacial score (nSPS) is 20.0. The van der Waals surface area contributed by atoms with Gasteiger partial charge in [-0.25, -0.2) is 4.68 Å². The molecule has 1 fully saturated rings. The van der Waals surface area contributed by atoms with Crippen molar-refractivity contribution in [3.05, 3.63) is 21.0 Å². The summed E-state index contributed by atoms with van der Waals surface area (Å²) in [5, 5.41) is 11.0. The van der Waals surface area contributed by atoms with Crippen LogP contribution in [0.3, 0.4) is 0 Å². The van der Waals surface area contributed by atoms with E-state index in [2.05, 4.69) is 31.7 Å². The molecule has 0 aliphatic carbocycles. The molecule has 1 aliphatic rings. The van der Waals surface area contributed by atoms with Gasteiger partial charge < -0.3 is 10.6 Å². The van der Waals surface area contributed by atoms with Crippen LogP contribution in [0, 0.1) is 0 Å². The van der Waals surface area contributed by atoms with Crippen LogP contribution in [0.2, 0.25) is 0 Å². The molecule has 0 bridgehead atoms. The highest BCUT2D eigenvalue weighted by atomic mass is 79.9. The van der Waals surface area contributed by atoms with Gasteiger partial charge >= 0.3 is 0 Å². The van der Waals surface area contributed by atoms with Crippen LogP contribution in [0.5, 0.6) is 0 Å². The molecule has 0 spiro atoms. The third-order valence-electron chi connectivity index (χ3n) is 3.33. The van der Waals surface area contributed by atoms with Crippen LogP contribution in [0.4, 0.5) is 5.69 Å². The van der Waals surface area contributed by atoms with Gasteiger partial charge in [0.05, 0.1) is 11.9 Å². The van der Waals surface area contributed by atoms with Crippen LogP contribution in [-0.2, 0) is 6.54 Å². The van der Waals surface area contributed by atoms with Gasteiger partial charge in [-0.2, -0.15) is 5.10 Å². The lowest BCUT2D eigenvalue weighted by atomic mass is 10.1. The summed E-state index contributed by atoms with van der Waals surface area (Å²) >= 11 is 3.39. The van der Waals surface area contributed by atoms with Gasteiger partial charge in [-0.3, -0.25) is 4.79 Å². The maximum atomic E-state index is 12.1. The van der Waals surface area contributed by atoms with E-state index in [9.17, 15) is 4.79 Å². The first-order valence-corrected chi connectivity index (χ1v) is 7.74. The molecule has 106 valence electrons. The summed E-state index contributed by atoms with van der Waals surface area (Å²) in [7, 11) is 0. The van der Waals surface area contributed by atoms with Crippen molar-refractivity contribution < 1.29 is 0 Å². The first-order valence-electron chi connectivity index (χ1n) is 6.95. The van der Waals surface area contributed by atoms with Crippen molar-refractivity contribution in [1.29, 1.82) is 0 Å². The van der Waals surface area contributed by atoms with E-state index >= 15 is 0 Å². The third-order valence-corrected chi connectivity index (χ3v) is 4.09. The van der Waals surface area contributed by atoms with Gasteiger partial charge in [-0.1, -0.05) is 13.3 Å². The molecule has 0 saturated carbocycles. The van der Waals surface area contributed by atoms with Crippen LogP contribution in [0.15, 0.2) is 15.5 Å². The Hall–Kier alpha value is -0.880. The molecule has 1 aromatic rings. The highest BCUT2D eigenvalue weighted by Gasteiger charge is 2.15. The molecule has 1 aliphatic heterocycles. The topological polar surface area (TPSA) is 59.0 Å². The number of halogens is 1. The summed E-state index contributed by atoms with van der Waals surface area (Å²) in [5.41, 5.74) is 0.736. The second kappa shape index (κ2) is 7.05. The fourth-order valence-corrected chi connectivity index (χ4v) is 2.72. The van der Waals surface area contributed by atoms with E-state index in [-0.39, 0.29) is 5.56 Å². The Morgan fingerprint density at radius 2 is 2.42 bits per heavy atom. The first-order chi connectivity index (χ1) is 9.22. The van der Waals surface area contributed by atoms with Gasteiger partial charge in [0.1, 0.15) is 4.47 Å². The zero-order chi connectivity index (χ0) is 13.7. The van der Waals surface area contributed by atoms with Crippen molar-refractivity contribution in [2.24, 2.45) is 0 Å². The fourth-order valence-electron chi connectivity index (χ4n) is 2.30. The highest BCUT2D eigenvalue weighted by molar-refractivity contribution is 9.10. The Bertz CT molecular complexity index is 466. The second-order valence-electron chi connectivity index (χ2n) is 4.94. The van der Waals surface area contributed by atoms with E-state index in [1.165, 1.54) is 17.5 Å². The molecule has 2 rings (SSSR count). The van der Waals surface area contributed by atoms with E-state index in [4.69, 9.17) is 0 Å². The van der Waals surface area contributed by atoms with Gasteiger partial charge in [0, 0.05) is 19.1 Å². The predicted molar refractivity (Wildman–Crippen MR) is 80.6 cm³/mol. The monoisotopic (exact) mass is 328 g/mol. The number of nitrogens with one attached hydrogen (secondary N) is 2. The van der Waals surface area contributed by atoms with Crippen molar-refractivity contribution in [1.82, 2.24) is 15.1 Å². The number of rotatable bonds is 4. The molecule has 2 N–H and O–H groups in total. The highest BCUT2D eigenvalue weighted by Crippen LogP contribution is 2.19. The lowest BCUT2D eigenvalue weighted by Gasteiger charge is -2.18. The quantitative estimate of drug-likeness (QED) is 0.887. The van der Waals surface area contributed by atoms with Crippen LogP contribution in [0.1, 0.15) is 32.6 Å². The van der Waals surface area contributed by atoms with Gasteiger partial charge in [0.15, 0.2) is 0 Å². The maximum absolute atomic E-state index is 12.1. The maximum Gasteiger partial charge on any atom is 0.283 e. The molecule has 5 nitrogen and oxygen atoms in total. The zero-order valence-electron chi connectivity index (χ0n) is 11.3. The van der Waals surface area contributed by atoms with Gasteiger partial charge in [0.2, 0.25) is 0 Å². The van der Waals surface area contributed by atoms with Crippen molar-refractivity contribution in [2.75, 3.05) is 18.4 Å². The number of aryl methyl sites for hydroxylation is 1. The lowest BCUT2D eigenvalue weighted by Crippen LogP contribution is -2.32. The smallest absolute Gasteiger partial charge is 0.283 e. The molecule has 1 unspecified atom stereocenters. The average Bonchev–Trinajstić information content (AvgIpc) is 2.67. The molecular weight excluding hydrogens is 308 g/mol. The van der Waals surface area contributed by atoms with Crippen LogP contribution in [0.25, 0.3) is 0 Å². The third kappa shape index (κ3) is 3.79. The molecular formula is C13H21BrN4O. The Kier molecular flexibility index (Phi) is 5.39. The minimum atomic E-state index is -0.0616. The van der Waals surface area contributed by atoms with Crippen molar-refractivity contribution in [3.63, 3.8) is 0 Å². The molecule has 0 radical (unpaired) electrons. The lowest BCUT2D eigenvalue weighted by molar-refractivity contribution is 0.564. The molecule has 1 aromatic heterocycles. The Morgan fingerprint density at radius 1 is 1.58 bits per heavy atom. The number of anilines is 1.